The quantitative estimate of drug-likeness (QED) is 0.520. The summed E-state index contributed by atoms with van der Waals surface area (Å²) in [6.45, 7) is 14.8. The molecule has 0 aromatic heterocycles. The van der Waals surface area contributed by atoms with E-state index in [4.69, 9.17) is 0 Å². The van der Waals surface area contributed by atoms with Gasteiger partial charge in [-0.3, -0.25) is 0 Å². The van der Waals surface area contributed by atoms with Crippen LogP contribution in [0, 0.1) is 0 Å². The van der Waals surface area contributed by atoms with Crippen LogP contribution in [0.3, 0.4) is 0 Å². The minimum absolute atomic E-state index is 0.748. The van der Waals surface area contributed by atoms with E-state index in [1.165, 1.54) is 0 Å². The number of piperazine rings is 1. The van der Waals surface area contributed by atoms with Gasteiger partial charge in [-0.15, -0.1) is 0 Å². The maximum atomic E-state index is 3.70. The molecule has 1 fully saturated rings. The largest absolute Gasteiger partial charge is 0.353 e. The first-order valence-corrected chi connectivity index (χ1v) is 2.91. The SMILES string of the molecule is C=C1NC(=C)C(=C)NC1=C. The lowest BCUT2D eigenvalue weighted by Gasteiger charge is -2.24. The van der Waals surface area contributed by atoms with Gasteiger partial charge in [-0.25, -0.2) is 0 Å². The highest BCUT2D eigenvalue weighted by molar-refractivity contribution is 5.40. The van der Waals surface area contributed by atoms with Crippen molar-refractivity contribution in [2.75, 3.05) is 0 Å². The smallest absolute Gasteiger partial charge is 0.0544 e. The van der Waals surface area contributed by atoms with E-state index in [0.29, 0.717) is 0 Å². The summed E-state index contributed by atoms with van der Waals surface area (Å²) in [6, 6.07) is 0. The Balaban J connectivity index is 2.82. The van der Waals surface area contributed by atoms with E-state index in [1.54, 1.807) is 0 Å². The second-order valence-corrected chi connectivity index (χ2v) is 2.16. The molecule has 0 aromatic carbocycles. The third-order valence-corrected chi connectivity index (χ3v) is 1.33. The summed E-state index contributed by atoms with van der Waals surface area (Å²) in [5.41, 5.74) is 2.99. The molecule has 0 radical (unpaired) electrons. The predicted molar refractivity (Wildman–Crippen MR) is 42.8 cm³/mol. The summed E-state index contributed by atoms with van der Waals surface area (Å²) >= 11 is 0. The van der Waals surface area contributed by atoms with Crippen LogP contribution in [0.1, 0.15) is 0 Å². The van der Waals surface area contributed by atoms with Crippen molar-refractivity contribution in [1.82, 2.24) is 10.6 Å². The van der Waals surface area contributed by atoms with Gasteiger partial charge in [0.25, 0.3) is 0 Å². The summed E-state index contributed by atoms with van der Waals surface area (Å²) in [5, 5.41) is 5.86. The Bertz CT molecular complexity index is 186. The lowest BCUT2D eigenvalue weighted by atomic mass is 10.2. The molecular formula is C8H10N2. The van der Waals surface area contributed by atoms with Crippen LogP contribution in [0.25, 0.3) is 0 Å². The molecule has 0 saturated carbocycles. The van der Waals surface area contributed by atoms with Crippen molar-refractivity contribution in [1.29, 1.82) is 0 Å². The van der Waals surface area contributed by atoms with Crippen LogP contribution < -0.4 is 10.6 Å². The topological polar surface area (TPSA) is 24.1 Å². The zero-order valence-corrected chi connectivity index (χ0v) is 5.83. The molecule has 0 spiro atoms. The van der Waals surface area contributed by atoms with E-state index in [9.17, 15) is 0 Å². The highest BCUT2D eigenvalue weighted by atomic mass is 15.1. The predicted octanol–water partition coefficient (Wildman–Crippen LogP) is 1.23. The molecule has 0 bridgehead atoms. The highest BCUT2D eigenvalue weighted by Gasteiger charge is 2.10. The van der Waals surface area contributed by atoms with Gasteiger partial charge in [0.1, 0.15) is 0 Å². The molecule has 2 nitrogen and oxygen atoms in total. The maximum absolute atomic E-state index is 3.70. The van der Waals surface area contributed by atoms with Gasteiger partial charge in [-0.2, -0.15) is 0 Å². The zero-order valence-electron chi connectivity index (χ0n) is 5.83. The Hall–Kier alpha value is -1.44. The maximum Gasteiger partial charge on any atom is 0.0544 e. The van der Waals surface area contributed by atoms with Gasteiger partial charge in [0, 0.05) is 0 Å². The summed E-state index contributed by atoms with van der Waals surface area (Å²) in [7, 11) is 0. The van der Waals surface area contributed by atoms with E-state index in [-0.39, 0.29) is 0 Å². The molecule has 0 unspecified atom stereocenters. The molecule has 10 heavy (non-hydrogen) atoms. The minimum atomic E-state index is 0.748. The molecule has 1 aliphatic rings. The minimum Gasteiger partial charge on any atom is -0.353 e. The van der Waals surface area contributed by atoms with Gasteiger partial charge in [-0.1, -0.05) is 26.3 Å². The fourth-order valence-electron chi connectivity index (χ4n) is 0.666. The molecule has 1 aliphatic heterocycles. The number of hydrogen-bond donors (Lipinski definition) is 2. The Morgan fingerprint density at radius 2 is 0.800 bits per heavy atom. The third kappa shape index (κ3) is 0.957. The first kappa shape index (κ1) is 6.68. The fourth-order valence-corrected chi connectivity index (χ4v) is 0.666. The first-order valence-electron chi connectivity index (χ1n) is 2.91. The van der Waals surface area contributed by atoms with Crippen LogP contribution in [0.15, 0.2) is 49.1 Å². The molecule has 1 rings (SSSR count). The lowest BCUT2D eigenvalue weighted by Crippen LogP contribution is -2.30. The fraction of sp³-hybridized carbons (Fsp3) is 0. The first-order chi connectivity index (χ1) is 4.61. The Kier molecular flexibility index (Phi) is 1.38. The van der Waals surface area contributed by atoms with Crippen molar-refractivity contribution in [2.45, 2.75) is 0 Å². The van der Waals surface area contributed by atoms with Crippen molar-refractivity contribution in [3.63, 3.8) is 0 Å². The summed E-state index contributed by atoms with van der Waals surface area (Å²) < 4.78 is 0. The Morgan fingerprint density at radius 1 is 0.600 bits per heavy atom. The summed E-state index contributed by atoms with van der Waals surface area (Å²) in [4.78, 5) is 0. The van der Waals surface area contributed by atoms with Gasteiger partial charge in [0.2, 0.25) is 0 Å². The normalized spacial score (nSPS) is 18.4. The van der Waals surface area contributed by atoms with E-state index in [2.05, 4.69) is 36.9 Å². The van der Waals surface area contributed by atoms with Crippen LogP contribution in [0.2, 0.25) is 0 Å². The van der Waals surface area contributed by atoms with Gasteiger partial charge in [-0.05, 0) is 0 Å². The molecule has 2 heteroatoms. The molecule has 0 amide bonds. The Labute approximate surface area is 60.6 Å². The van der Waals surface area contributed by atoms with E-state index in [1.807, 2.05) is 0 Å². The average molecular weight is 134 g/mol. The van der Waals surface area contributed by atoms with Crippen molar-refractivity contribution >= 4 is 0 Å². The average Bonchev–Trinajstić information content (AvgIpc) is 1.84. The van der Waals surface area contributed by atoms with Gasteiger partial charge >= 0.3 is 0 Å². The van der Waals surface area contributed by atoms with Crippen LogP contribution in [0.4, 0.5) is 0 Å². The van der Waals surface area contributed by atoms with Crippen LogP contribution >= 0.6 is 0 Å². The number of hydrogen-bond acceptors (Lipinski definition) is 2. The monoisotopic (exact) mass is 134 g/mol. The number of rotatable bonds is 0. The molecule has 2 N–H and O–H groups in total. The van der Waals surface area contributed by atoms with Crippen LogP contribution in [-0.2, 0) is 0 Å². The second kappa shape index (κ2) is 2.06. The van der Waals surface area contributed by atoms with Gasteiger partial charge < -0.3 is 10.6 Å². The molecular weight excluding hydrogens is 124 g/mol. The van der Waals surface area contributed by atoms with E-state index < -0.39 is 0 Å². The van der Waals surface area contributed by atoms with Crippen molar-refractivity contribution in [3.05, 3.63) is 49.1 Å². The zero-order chi connectivity index (χ0) is 7.72. The molecule has 0 atom stereocenters. The molecule has 52 valence electrons. The molecule has 1 heterocycles. The van der Waals surface area contributed by atoms with Crippen molar-refractivity contribution < 1.29 is 0 Å². The molecule has 0 aromatic rings. The van der Waals surface area contributed by atoms with E-state index in [0.717, 1.165) is 22.8 Å². The highest BCUT2D eigenvalue weighted by Crippen LogP contribution is 2.12. The summed E-state index contributed by atoms with van der Waals surface area (Å²) in [6.07, 6.45) is 0. The van der Waals surface area contributed by atoms with E-state index >= 15 is 0 Å². The standard InChI is InChI=1S/C8H10N2/c1-5-6(2)10-8(4)7(3)9-5/h9-10H,1-4H2. The van der Waals surface area contributed by atoms with Crippen molar-refractivity contribution in [3.8, 4) is 0 Å². The lowest BCUT2D eigenvalue weighted by molar-refractivity contribution is 0.834. The van der Waals surface area contributed by atoms with Crippen LogP contribution in [0.5, 0.6) is 0 Å². The molecule has 1 saturated heterocycles. The second-order valence-electron chi connectivity index (χ2n) is 2.16. The third-order valence-electron chi connectivity index (χ3n) is 1.33. The van der Waals surface area contributed by atoms with Gasteiger partial charge in [0.05, 0.1) is 22.8 Å². The van der Waals surface area contributed by atoms with Crippen molar-refractivity contribution in [2.24, 2.45) is 0 Å². The van der Waals surface area contributed by atoms with Crippen LogP contribution in [-0.4, -0.2) is 0 Å². The number of nitrogens with one attached hydrogen (secondary N) is 2. The molecule has 0 aliphatic carbocycles. The Morgan fingerprint density at radius 3 is 1.00 bits per heavy atom. The summed E-state index contributed by atoms with van der Waals surface area (Å²) in [5.74, 6) is 0. The van der Waals surface area contributed by atoms with Gasteiger partial charge in [0.15, 0.2) is 0 Å².